The lowest BCUT2D eigenvalue weighted by atomic mass is 10.2. The number of anilines is 1. The normalized spacial score (nSPS) is 11.6. The van der Waals surface area contributed by atoms with Crippen molar-refractivity contribution in [2.24, 2.45) is 5.10 Å². The SMILES string of the molecule is CCOc1cc(/C=N\Nc2ccc(C(F)(F)F)cn2)c(Br)cc1OC. The second kappa shape index (κ2) is 8.19. The summed E-state index contributed by atoms with van der Waals surface area (Å²) in [6.45, 7) is 2.33. The number of pyridine rings is 1. The van der Waals surface area contributed by atoms with Crippen LogP contribution in [0.1, 0.15) is 18.1 Å². The Bertz CT molecular complexity index is 750. The van der Waals surface area contributed by atoms with Crippen LogP contribution in [0.2, 0.25) is 0 Å². The van der Waals surface area contributed by atoms with Crippen molar-refractivity contribution in [2.75, 3.05) is 19.1 Å². The van der Waals surface area contributed by atoms with Gasteiger partial charge >= 0.3 is 6.18 Å². The monoisotopic (exact) mass is 417 g/mol. The summed E-state index contributed by atoms with van der Waals surface area (Å²) in [6, 6.07) is 5.61. The molecule has 0 atom stereocenters. The van der Waals surface area contributed by atoms with Crippen molar-refractivity contribution in [3.05, 3.63) is 46.1 Å². The molecule has 0 fully saturated rings. The van der Waals surface area contributed by atoms with Crippen molar-refractivity contribution < 1.29 is 22.6 Å². The lowest BCUT2D eigenvalue weighted by molar-refractivity contribution is -0.137. The van der Waals surface area contributed by atoms with E-state index < -0.39 is 11.7 Å². The van der Waals surface area contributed by atoms with Gasteiger partial charge in [0.1, 0.15) is 5.82 Å². The minimum absolute atomic E-state index is 0.193. The third-order valence-electron chi connectivity index (χ3n) is 3.06. The maximum atomic E-state index is 12.5. The highest BCUT2D eigenvalue weighted by Gasteiger charge is 2.30. The molecule has 2 rings (SSSR count). The standard InChI is InChI=1S/C16H15BrF3N3O2/c1-3-25-14-6-10(12(17)7-13(14)24-2)8-22-23-15-5-4-11(9-21-15)16(18,19)20/h4-9H,3H2,1-2H3,(H,21,23)/b22-8-. The smallest absolute Gasteiger partial charge is 0.417 e. The van der Waals surface area contributed by atoms with Crippen LogP contribution in [0.3, 0.4) is 0 Å². The van der Waals surface area contributed by atoms with Gasteiger partial charge in [-0.1, -0.05) is 0 Å². The molecule has 0 spiro atoms. The molecule has 2 aromatic rings. The first-order valence-corrected chi connectivity index (χ1v) is 7.97. The van der Waals surface area contributed by atoms with E-state index in [0.29, 0.717) is 23.7 Å². The zero-order chi connectivity index (χ0) is 18.4. The Morgan fingerprint density at radius 3 is 2.60 bits per heavy atom. The molecule has 0 amide bonds. The number of aromatic nitrogens is 1. The fraction of sp³-hybridized carbons (Fsp3) is 0.250. The van der Waals surface area contributed by atoms with Crippen molar-refractivity contribution in [1.29, 1.82) is 0 Å². The second-order valence-electron chi connectivity index (χ2n) is 4.76. The zero-order valence-electron chi connectivity index (χ0n) is 13.4. The molecule has 1 aromatic carbocycles. The Labute approximate surface area is 151 Å². The molecule has 0 saturated heterocycles. The summed E-state index contributed by atoms with van der Waals surface area (Å²) in [5.41, 5.74) is 2.46. The number of hydrogen-bond donors (Lipinski definition) is 1. The molecule has 25 heavy (non-hydrogen) atoms. The maximum Gasteiger partial charge on any atom is 0.417 e. The largest absolute Gasteiger partial charge is 0.493 e. The molecule has 0 saturated carbocycles. The lowest BCUT2D eigenvalue weighted by Crippen LogP contribution is -2.05. The molecule has 0 radical (unpaired) electrons. The van der Waals surface area contributed by atoms with Gasteiger partial charge in [-0.2, -0.15) is 18.3 Å². The van der Waals surface area contributed by atoms with E-state index in [0.717, 1.165) is 16.7 Å². The van der Waals surface area contributed by atoms with E-state index in [1.165, 1.54) is 19.4 Å². The van der Waals surface area contributed by atoms with Crippen molar-refractivity contribution >= 4 is 28.0 Å². The van der Waals surface area contributed by atoms with Gasteiger partial charge in [0, 0.05) is 16.2 Å². The summed E-state index contributed by atoms with van der Waals surface area (Å²) in [7, 11) is 1.54. The number of ether oxygens (including phenoxy) is 2. The van der Waals surface area contributed by atoms with Crippen LogP contribution in [0.5, 0.6) is 11.5 Å². The molecule has 5 nitrogen and oxygen atoms in total. The summed E-state index contributed by atoms with van der Waals surface area (Å²) in [4.78, 5) is 3.67. The van der Waals surface area contributed by atoms with E-state index in [-0.39, 0.29) is 5.82 Å². The van der Waals surface area contributed by atoms with Gasteiger partial charge in [-0.25, -0.2) is 4.98 Å². The highest BCUT2D eigenvalue weighted by atomic mass is 79.9. The van der Waals surface area contributed by atoms with E-state index in [1.54, 1.807) is 12.1 Å². The Kier molecular flexibility index (Phi) is 6.24. The van der Waals surface area contributed by atoms with Gasteiger partial charge in [-0.15, -0.1) is 0 Å². The molecule has 0 aliphatic heterocycles. The summed E-state index contributed by atoms with van der Waals surface area (Å²) in [5.74, 6) is 1.32. The van der Waals surface area contributed by atoms with Crippen LogP contribution in [0.15, 0.2) is 40.0 Å². The molecule has 1 aromatic heterocycles. The first-order valence-electron chi connectivity index (χ1n) is 7.17. The molecule has 0 unspecified atom stereocenters. The van der Waals surface area contributed by atoms with Gasteiger partial charge in [0.2, 0.25) is 0 Å². The average molecular weight is 418 g/mol. The third-order valence-corrected chi connectivity index (χ3v) is 3.74. The number of hydrazone groups is 1. The highest BCUT2D eigenvalue weighted by Crippen LogP contribution is 2.33. The molecule has 134 valence electrons. The fourth-order valence-corrected chi connectivity index (χ4v) is 2.30. The minimum Gasteiger partial charge on any atom is -0.493 e. The van der Waals surface area contributed by atoms with Crippen LogP contribution in [-0.2, 0) is 6.18 Å². The number of halogens is 4. The van der Waals surface area contributed by atoms with Gasteiger partial charge in [0.05, 0.1) is 25.5 Å². The van der Waals surface area contributed by atoms with Gasteiger partial charge in [0.25, 0.3) is 0 Å². The molecule has 0 bridgehead atoms. The molecular weight excluding hydrogens is 403 g/mol. The number of hydrogen-bond acceptors (Lipinski definition) is 5. The Morgan fingerprint density at radius 2 is 2.04 bits per heavy atom. The molecule has 1 heterocycles. The lowest BCUT2D eigenvalue weighted by Gasteiger charge is -2.11. The van der Waals surface area contributed by atoms with E-state index in [4.69, 9.17) is 9.47 Å². The van der Waals surface area contributed by atoms with Gasteiger partial charge in [-0.3, -0.25) is 5.43 Å². The average Bonchev–Trinajstić information content (AvgIpc) is 2.57. The number of rotatable bonds is 6. The molecule has 0 aliphatic carbocycles. The van der Waals surface area contributed by atoms with Crippen LogP contribution in [0.25, 0.3) is 0 Å². The first-order chi connectivity index (χ1) is 11.8. The van der Waals surface area contributed by atoms with Crippen LogP contribution >= 0.6 is 15.9 Å². The fourth-order valence-electron chi connectivity index (χ4n) is 1.87. The summed E-state index contributed by atoms with van der Waals surface area (Å²) in [5, 5.41) is 3.98. The van der Waals surface area contributed by atoms with Crippen molar-refractivity contribution in [3.63, 3.8) is 0 Å². The number of nitrogens with one attached hydrogen (secondary N) is 1. The van der Waals surface area contributed by atoms with E-state index in [1.807, 2.05) is 6.92 Å². The maximum absolute atomic E-state index is 12.5. The second-order valence-corrected chi connectivity index (χ2v) is 5.61. The molecule has 9 heteroatoms. The van der Waals surface area contributed by atoms with Gasteiger partial charge in [0.15, 0.2) is 11.5 Å². The van der Waals surface area contributed by atoms with Crippen LogP contribution < -0.4 is 14.9 Å². The molecule has 0 aliphatic rings. The third kappa shape index (κ3) is 5.09. The quantitative estimate of drug-likeness (QED) is 0.545. The Balaban J connectivity index is 2.12. The summed E-state index contributed by atoms with van der Waals surface area (Å²) in [6.07, 6.45) is -2.18. The van der Waals surface area contributed by atoms with Crippen molar-refractivity contribution in [2.45, 2.75) is 13.1 Å². The molecule has 1 N–H and O–H groups in total. The number of nitrogens with zero attached hydrogens (tertiary/aromatic N) is 2. The van der Waals surface area contributed by atoms with Crippen molar-refractivity contribution in [1.82, 2.24) is 4.98 Å². The topological polar surface area (TPSA) is 55.7 Å². The van der Waals surface area contributed by atoms with E-state index in [9.17, 15) is 13.2 Å². The number of methoxy groups -OCH3 is 1. The number of alkyl halides is 3. The predicted octanol–water partition coefficient (Wildman–Crippen LogP) is 4.72. The van der Waals surface area contributed by atoms with Crippen molar-refractivity contribution in [3.8, 4) is 11.5 Å². The summed E-state index contributed by atoms with van der Waals surface area (Å²) >= 11 is 3.40. The first kappa shape index (κ1) is 19.0. The number of benzene rings is 1. The minimum atomic E-state index is -4.42. The Hall–Kier alpha value is -2.29. The highest BCUT2D eigenvalue weighted by molar-refractivity contribution is 9.10. The van der Waals surface area contributed by atoms with E-state index >= 15 is 0 Å². The van der Waals surface area contributed by atoms with Crippen LogP contribution in [-0.4, -0.2) is 24.9 Å². The van der Waals surface area contributed by atoms with Crippen LogP contribution in [0.4, 0.5) is 19.0 Å². The van der Waals surface area contributed by atoms with Gasteiger partial charge in [-0.05, 0) is 47.1 Å². The van der Waals surface area contributed by atoms with Gasteiger partial charge < -0.3 is 9.47 Å². The predicted molar refractivity (Wildman–Crippen MR) is 92.3 cm³/mol. The zero-order valence-corrected chi connectivity index (χ0v) is 15.0. The Morgan fingerprint density at radius 1 is 1.28 bits per heavy atom. The van der Waals surface area contributed by atoms with Crippen LogP contribution in [0, 0.1) is 0 Å². The molecular formula is C16H15BrF3N3O2. The summed E-state index contributed by atoms with van der Waals surface area (Å²) < 4.78 is 48.9. The van der Waals surface area contributed by atoms with E-state index in [2.05, 4.69) is 31.4 Å².